The molecule has 4 aromatic rings. The van der Waals surface area contributed by atoms with Crippen molar-refractivity contribution in [2.75, 3.05) is 5.73 Å². The summed E-state index contributed by atoms with van der Waals surface area (Å²) in [7, 11) is 0. The summed E-state index contributed by atoms with van der Waals surface area (Å²) in [6.45, 7) is 0.459. The molecule has 0 radical (unpaired) electrons. The molecule has 2 N–H and O–H groups in total. The number of nitrogen functional groups attached to an aromatic ring is 1. The Morgan fingerprint density at radius 2 is 2.03 bits per heavy atom. The number of aromatic nitrogens is 4. The summed E-state index contributed by atoms with van der Waals surface area (Å²) in [5, 5.41) is 14.0. The molecule has 0 fully saturated rings. The van der Waals surface area contributed by atoms with Gasteiger partial charge in [0.25, 0.3) is 0 Å². The van der Waals surface area contributed by atoms with E-state index in [0.717, 1.165) is 11.1 Å². The number of pyridine rings is 2. The number of nitrogens with zero attached hydrogens (tertiary/aromatic N) is 5. The fourth-order valence-electron chi connectivity index (χ4n) is 3.63. The van der Waals surface area contributed by atoms with Crippen LogP contribution in [0.25, 0.3) is 22.5 Å². The van der Waals surface area contributed by atoms with Gasteiger partial charge in [0.2, 0.25) is 0 Å². The maximum Gasteiger partial charge on any atom is 0.166 e. The zero-order chi connectivity index (χ0) is 20.7. The molecule has 146 valence electrons. The molecular weight excluding hydrogens is 383 g/mol. The summed E-state index contributed by atoms with van der Waals surface area (Å²) in [5.41, 5.74) is 10.6. The van der Waals surface area contributed by atoms with Crippen molar-refractivity contribution in [3.63, 3.8) is 0 Å². The quantitative estimate of drug-likeness (QED) is 0.486. The van der Waals surface area contributed by atoms with Gasteiger partial charge in [-0.15, -0.1) is 0 Å². The first-order valence-electron chi connectivity index (χ1n) is 9.21. The van der Waals surface area contributed by atoms with Gasteiger partial charge < -0.3 is 10.5 Å². The van der Waals surface area contributed by atoms with Crippen LogP contribution in [0.3, 0.4) is 0 Å². The maximum absolute atomic E-state index is 14.0. The number of ether oxygens (including phenoxy) is 1. The van der Waals surface area contributed by atoms with Crippen LogP contribution in [0.4, 0.5) is 10.2 Å². The van der Waals surface area contributed by atoms with Crippen LogP contribution in [0.2, 0.25) is 0 Å². The van der Waals surface area contributed by atoms with Gasteiger partial charge in [0, 0.05) is 29.1 Å². The molecule has 0 saturated carbocycles. The predicted molar refractivity (Wildman–Crippen MR) is 108 cm³/mol. The first-order chi connectivity index (χ1) is 14.6. The molecule has 0 atom stereocenters. The second-order valence-corrected chi connectivity index (χ2v) is 6.88. The van der Waals surface area contributed by atoms with Crippen molar-refractivity contribution in [2.45, 2.75) is 13.2 Å². The lowest BCUT2D eigenvalue weighted by molar-refractivity contribution is 0.307. The maximum atomic E-state index is 14.0. The summed E-state index contributed by atoms with van der Waals surface area (Å²) in [4.78, 5) is 8.76. The number of halogens is 1. The zero-order valence-electron chi connectivity index (χ0n) is 15.7. The van der Waals surface area contributed by atoms with Gasteiger partial charge in [-0.1, -0.05) is 6.07 Å². The third kappa shape index (κ3) is 2.93. The lowest BCUT2D eigenvalue weighted by atomic mass is 10.00. The highest BCUT2D eigenvalue weighted by molar-refractivity contribution is 5.71. The number of hydrogen-bond donors (Lipinski definition) is 1. The van der Waals surface area contributed by atoms with Gasteiger partial charge >= 0.3 is 0 Å². The van der Waals surface area contributed by atoms with E-state index in [4.69, 9.17) is 10.5 Å². The number of benzene rings is 1. The summed E-state index contributed by atoms with van der Waals surface area (Å²) in [6.07, 6.45) is 4.79. The van der Waals surface area contributed by atoms with Crippen molar-refractivity contribution >= 4 is 5.82 Å². The second kappa shape index (κ2) is 6.97. The number of nitrogens with two attached hydrogens (primary N) is 1. The van der Waals surface area contributed by atoms with Crippen LogP contribution in [-0.2, 0) is 13.2 Å². The van der Waals surface area contributed by atoms with Crippen LogP contribution in [0.15, 0.2) is 55.0 Å². The molecule has 0 spiro atoms. The Hall–Kier alpha value is -4.25. The summed E-state index contributed by atoms with van der Waals surface area (Å²) in [5.74, 6) is 0.188. The Balaban J connectivity index is 1.79. The van der Waals surface area contributed by atoms with Crippen LogP contribution in [0.1, 0.15) is 16.7 Å². The number of fused-ring (bicyclic) bond motifs is 7. The van der Waals surface area contributed by atoms with Gasteiger partial charge in [0.15, 0.2) is 11.6 Å². The fraction of sp³-hybridized carbons (Fsp3) is 0.0909. The zero-order valence-corrected chi connectivity index (χ0v) is 15.7. The highest BCUT2D eigenvalue weighted by Gasteiger charge is 2.20. The molecule has 0 aliphatic carbocycles. The molecule has 0 saturated heterocycles. The molecule has 7 nitrogen and oxygen atoms in total. The van der Waals surface area contributed by atoms with Crippen molar-refractivity contribution in [1.82, 2.24) is 19.7 Å². The van der Waals surface area contributed by atoms with Crippen molar-refractivity contribution in [1.29, 1.82) is 5.26 Å². The SMILES string of the molecule is N#Cc1cnn2c1-c1cnc(N)c(c1)OCc1cc(F)ccc1-c1ncccc1C2. The lowest BCUT2D eigenvalue weighted by Gasteiger charge is -2.17. The van der Waals surface area contributed by atoms with Crippen molar-refractivity contribution in [3.05, 3.63) is 77.5 Å². The van der Waals surface area contributed by atoms with Crippen molar-refractivity contribution < 1.29 is 9.13 Å². The van der Waals surface area contributed by atoms with Crippen LogP contribution < -0.4 is 10.5 Å². The van der Waals surface area contributed by atoms with Crippen LogP contribution >= 0.6 is 0 Å². The largest absolute Gasteiger partial charge is 0.485 e. The van der Waals surface area contributed by atoms with Crippen molar-refractivity contribution in [3.8, 4) is 34.3 Å². The van der Waals surface area contributed by atoms with Crippen LogP contribution in [-0.4, -0.2) is 19.7 Å². The number of nitriles is 1. The number of anilines is 1. The highest BCUT2D eigenvalue weighted by atomic mass is 19.1. The second-order valence-electron chi connectivity index (χ2n) is 6.88. The standard InChI is InChI=1S/C22H15FN6O/c23-17-3-4-18-15(6-17)12-30-19-7-14(9-27-22(19)25)21-16(8-24)10-28-29(21)11-13-2-1-5-26-20(13)18/h1-7,9-10H,11-12H2,(H2,25,27). The van der Waals surface area contributed by atoms with Gasteiger partial charge in [-0.25, -0.2) is 9.37 Å². The number of hydrogen-bond acceptors (Lipinski definition) is 6. The minimum Gasteiger partial charge on any atom is -0.485 e. The third-order valence-electron chi connectivity index (χ3n) is 5.03. The molecule has 4 heterocycles. The minimum absolute atomic E-state index is 0.0861. The first-order valence-corrected chi connectivity index (χ1v) is 9.21. The topological polar surface area (TPSA) is 103 Å². The Morgan fingerprint density at radius 1 is 1.13 bits per heavy atom. The van der Waals surface area contributed by atoms with Crippen LogP contribution in [0.5, 0.6) is 5.75 Å². The molecule has 2 bridgehead atoms. The van der Waals surface area contributed by atoms with Gasteiger partial charge in [0.1, 0.15) is 18.5 Å². The number of rotatable bonds is 0. The fourth-order valence-corrected chi connectivity index (χ4v) is 3.63. The minimum atomic E-state index is -0.366. The molecule has 30 heavy (non-hydrogen) atoms. The smallest absolute Gasteiger partial charge is 0.166 e. The molecule has 8 heteroatoms. The Kier molecular flexibility index (Phi) is 4.14. The molecule has 0 unspecified atom stereocenters. The van der Waals surface area contributed by atoms with E-state index >= 15 is 0 Å². The van der Waals surface area contributed by atoms with E-state index in [1.807, 2.05) is 12.1 Å². The van der Waals surface area contributed by atoms with E-state index in [9.17, 15) is 9.65 Å². The van der Waals surface area contributed by atoms with E-state index in [1.165, 1.54) is 18.3 Å². The normalized spacial score (nSPS) is 12.3. The lowest BCUT2D eigenvalue weighted by Crippen LogP contribution is -2.09. The first kappa shape index (κ1) is 17.8. The van der Waals surface area contributed by atoms with E-state index < -0.39 is 0 Å². The Labute approximate surface area is 171 Å². The van der Waals surface area contributed by atoms with Crippen LogP contribution in [0, 0.1) is 17.1 Å². The molecule has 3 aromatic heterocycles. The third-order valence-corrected chi connectivity index (χ3v) is 5.03. The van der Waals surface area contributed by atoms with Gasteiger partial charge in [-0.2, -0.15) is 10.4 Å². The van der Waals surface area contributed by atoms with E-state index in [1.54, 1.807) is 29.2 Å². The van der Waals surface area contributed by atoms with E-state index in [2.05, 4.69) is 21.1 Å². The monoisotopic (exact) mass is 398 g/mol. The molecule has 1 aliphatic rings. The average Bonchev–Trinajstić information content (AvgIpc) is 3.16. The van der Waals surface area contributed by atoms with Crippen molar-refractivity contribution in [2.24, 2.45) is 0 Å². The average molecular weight is 398 g/mol. The van der Waals surface area contributed by atoms with E-state index in [-0.39, 0.29) is 18.2 Å². The predicted octanol–water partition coefficient (Wildman–Crippen LogP) is 3.54. The molecule has 0 amide bonds. The Bertz CT molecular complexity index is 1320. The summed E-state index contributed by atoms with van der Waals surface area (Å²) < 4.78 is 21.6. The van der Waals surface area contributed by atoms with Gasteiger partial charge in [0.05, 0.1) is 29.7 Å². The molecule has 1 aliphatic heterocycles. The highest BCUT2D eigenvalue weighted by Crippen LogP contribution is 2.33. The summed E-state index contributed by atoms with van der Waals surface area (Å²) in [6, 6.07) is 12.2. The molecular formula is C22H15FN6O. The van der Waals surface area contributed by atoms with Gasteiger partial charge in [-0.05, 0) is 35.9 Å². The van der Waals surface area contributed by atoms with E-state index in [0.29, 0.717) is 40.4 Å². The van der Waals surface area contributed by atoms with Gasteiger partial charge in [-0.3, -0.25) is 9.67 Å². The molecule has 1 aromatic carbocycles. The molecule has 5 rings (SSSR count). The Morgan fingerprint density at radius 3 is 2.90 bits per heavy atom. The summed E-state index contributed by atoms with van der Waals surface area (Å²) >= 11 is 0.